The summed E-state index contributed by atoms with van der Waals surface area (Å²) >= 11 is 0. The predicted octanol–water partition coefficient (Wildman–Crippen LogP) is 2.63. The molecule has 0 fully saturated rings. The summed E-state index contributed by atoms with van der Waals surface area (Å²) in [5.41, 5.74) is 2.19. The van der Waals surface area contributed by atoms with Crippen molar-refractivity contribution in [1.82, 2.24) is 0 Å². The van der Waals surface area contributed by atoms with Crippen LogP contribution < -0.4 is 0 Å². The van der Waals surface area contributed by atoms with Gasteiger partial charge in [-0.2, -0.15) is 0 Å². The quantitative estimate of drug-likeness (QED) is 0.561. The highest BCUT2D eigenvalue weighted by atomic mass is 16.1. The third kappa shape index (κ3) is 1.79. The molecule has 0 unspecified atom stereocenters. The Morgan fingerprint density at radius 1 is 1.36 bits per heavy atom. The molecular formula is C10H14O. The van der Waals surface area contributed by atoms with Gasteiger partial charge in [0.1, 0.15) is 0 Å². The lowest BCUT2D eigenvalue weighted by molar-refractivity contribution is -0.116. The zero-order valence-corrected chi connectivity index (χ0v) is 7.18. The monoisotopic (exact) mass is 150 g/mol. The molecule has 0 bridgehead atoms. The Balaban J connectivity index is 2.88. The molecule has 0 aromatic heterocycles. The smallest absolute Gasteiger partial charge is 0.158 e. The molecule has 0 aliphatic heterocycles. The molecule has 1 heteroatoms. The van der Waals surface area contributed by atoms with Gasteiger partial charge in [-0.3, -0.25) is 4.79 Å². The molecule has 11 heavy (non-hydrogen) atoms. The first-order valence-electron chi connectivity index (χ1n) is 4.11. The van der Waals surface area contributed by atoms with E-state index in [-0.39, 0.29) is 0 Å². The zero-order valence-electron chi connectivity index (χ0n) is 7.18. The van der Waals surface area contributed by atoms with Crippen molar-refractivity contribution in [2.24, 2.45) is 0 Å². The minimum Gasteiger partial charge on any atom is -0.295 e. The van der Waals surface area contributed by atoms with E-state index in [2.05, 4.69) is 0 Å². The van der Waals surface area contributed by atoms with Crippen LogP contribution in [0.3, 0.4) is 0 Å². The van der Waals surface area contributed by atoms with Crippen molar-refractivity contribution in [2.75, 3.05) is 0 Å². The Morgan fingerprint density at radius 2 is 2.09 bits per heavy atom. The summed E-state index contributed by atoms with van der Waals surface area (Å²) in [5, 5.41) is 0. The Morgan fingerprint density at radius 3 is 2.73 bits per heavy atom. The fraction of sp³-hybridized carbons (Fsp3) is 0.500. The first-order valence-corrected chi connectivity index (χ1v) is 4.11. The van der Waals surface area contributed by atoms with E-state index in [1.807, 2.05) is 26.0 Å². The highest BCUT2D eigenvalue weighted by Crippen LogP contribution is 2.22. The van der Waals surface area contributed by atoms with E-state index in [1.54, 1.807) is 0 Å². The molecule has 0 N–H and O–H groups in total. The van der Waals surface area contributed by atoms with Crippen LogP contribution in [0, 0.1) is 0 Å². The van der Waals surface area contributed by atoms with Gasteiger partial charge in [0.15, 0.2) is 5.78 Å². The average Bonchev–Trinajstić information content (AvgIpc) is 1.99. The van der Waals surface area contributed by atoms with Gasteiger partial charge in [0, 0.05) is 6.42 Å². The maximum Gasteiger partial charge on any atom is 0.158 e. The van der Waals surface area contributed by atoms with Crippen molar-refractivity contribution in [1.29, 1.82) is 0 Å². The van der Waals surface area contributed by atoms with Crippen LogP contribution in [0.15, 0.2) is 23.3 Å². The summed E-state index contributed by atoms with van der Waals surface area (Å²) in [4.78, 5) is 11.2. The summed E-state index contributed by atoms with van der Waals surface area (Å²) < 4.78 is 0. The highest BCUT2D eigenvalue weighted by Gasteiger charge is 2.13. The fourth-order valence-corrected chi connectivity index (χ4v) is 1.40. The van der Waals surface area contributed by atoms with E-state index >= 15 is 0 Å². The molecule has 1 aliphatic carbocycles. The lowest BCUT2D eigenvalue weighted by atomic mass is 9.91. The normalized spacial score (nSPS) is 20.0. The summed E-state index contributed by atoms with van der Waals surface area (Å²) in [6.45, 7) is 3.91. The van der Waals surface area contributed by atoms with E-state index in [0.29, 0.717) is 5.78 Å². The lowest BCUT2D eigenvalue weighted by Crippen LogP contribution is -2.07. The van der Waals surface area contributed by atoms with Crippen molar-refractivity contribution in [3.05, 3.63) is 23.3 Å². The Hall–Kier alpha value is -0.850. The lowest BCUT2D eigenvalue weighted by Gasteiger charge is -2.12. The standard InChI is InChI=1S/C10H14O/c1-3-5-9-6-4-7-10(11)8(9)2/h3,5H,4,6-7H2,1-2H3/b5-3+. The third-order valence-corrected chi connectivity index (χ3v) is 2.12. The van der Waals surface area contributed by atoms with Crippen molar-refractivity contribution in [2.45, 2.75) is 33.1 Å². The van der Waals surface area contributed by atoms with Gasteiger partial charge < -0.3 is 0 Å². The van der Waals surface area contributed by atoms with Gasteiger partial charge >= 0.3 is 0 Å². The largest absolute Gasteiger partial charge is 0.295 e. The van der Waals surface area contributed by atoms with Crippen molar-refractivity contribution in [3.8, 4) is 0 Å². The highest BCUT2D eigenvalue weighted by molar-refractivity contribution is 5.96. The minimum atomic E-state index is 0.323. The number of carbonyl (C=O) groups excluding carboxylic acids is 1. The summed E-state index contributed by atoms with van der Waals surface area (Å²) in [6.07, 6.45) is 6.88. The van der Waals surface area contributed by atoms with Crippen LogP contribution in [0.25, 0.3) is 0 Å². The van der Waals surface area contributed by atoms with Gasteiger partial charge in [-0.05, 0) is 37.8 Å². The van der Waals surface area contributed by atoms with Crippen molar-refractivity contribution < 1.29 is 4.79 Å². The molecule has 0 spiro atoms. The number of ketones is 1. The van der Waals surface area contributed by atoms with Crippen LogP contribution in [0.4, 0.5) is 0 Å². The zero-order chi connectivity index (χ0) is 8.27. The van der Waals surface area contributed by atoms with E-state index in [4.69, 9.17) is 0 Å². The molecule has 0 atom stereocenters. The van der Waals surface area contributed by atoms with E-state index in [0.717, 1.165) is 24.8 Å². The Labute approximate surface area is 67.8 Å². The summed E-state index contributed by atoms with van der Waals surface area (Å²) in [7, 11) is 0. The summed E-state index contributed by atoms with van der Waals surface area (Å²) in [6, 6.07) is 0. The van der Waals surface area contributed by atoms with Gasteiger partial charge in [-0.25, -0.2) is 0 Å². The van der Waals surface area contributed by atoms with Crippen LogP contribution >= 0.6 is 0 Å². The second kappa shape index (κ2) is 3.51. The molecule has 0 radical (unpaired) electrons. The molecule has 0 amide bonds. The molecule has 1 aliphatic rings. The third-order valence-electron chi connectivity index (χ3n) is 2.12. The maximum atomic E-state index is 11.2. The van der Waals surface area contributed by atoms with Crippen LogP contribution in [0.5, 0.6) is 0 Å². The van der Waals surface area contributed by atoms with Gasteiger partial charge in [0.05, 0.1) is 0 Å². The molecular weight excluding hydrogens is 136 g/mol. The molecule has 0 saturated carbocycles. The number of allylic oxidation sites excluding steroid dienone is 4. The summed E-state index contributed by atoms with van der Waals surface area (Å²) in [5.74, 6) is 0.323. The first-order chi connectivity index (χ1) is 5.25. The van der Waals surface area contributed by atoms with E-state index in [1.165, 1.54) is 5.57 Å². The van der Waals surface area contributed by atoms with Gasteiger partial charge in [0.2, 0.25) is 0 Å². The SMILES string of the molecule is C/C=C/C1=C(C)C(=O)CCC1. The molecule has 60 valence electrons. The van der Waals surface area contributed by atoms with Crippen LogP contribution in [-0.4, -0.2) is 5.78 Å². The average molecular weight is 150 g/mol. The number of carbonyl (C=O) groups is 1. The van der Waals surface area contributed by atoms with Gasteiger partial charge in [-0.1, -0.05) is 12.2 Å². The number of hydrogen-bond donors (Lipinski definition) is 0. The number of hydrogen-bond acceptors (Lipinski definition) is 1. The molecule has 1 nitrogen and oxygen atoms in total. The van der Waals surface area contributed by atoms with Gasteiger partial charge in [-0.15, -0.1) is 0 Å². The Kier molecular flexibility index (Phi) is 2.64. The number of Topliss-reactive ketones (excluding diaryl/α,β-unsaturated/α-hetero) is 1. The topological polar surface area (TPSA) is 17.1 Å². The maximum absolute atomic E-state index is 11.2. The number of rotatable bonds is 1. The molecule has 0 aromatic carbocycles. The first kappa shape index (κ1) is 8.25. The second-order valence-electron chi connectivity index (χ2n) is 2.93. The molecule has 0 saturated heterocycles. The Bertz CT molecular complexity index is 221. The molecule has 0 heterocycles. The van der Waals surface area contributed by atoms with Crippen LogP contribution in [-0.2, 0) is 4.79 Å². The molecule has 0 aromatic rings. The van der Waals surface area contributed by atoms with Crippen LogP contribution in [0.2, 0.25) is 0 Å². The van der Waals surface area contributed by atoms with Crippen LogP contribution in [0.1, 0.15) is 33.1 Å². The molecule has 1 rings (SSSR count). The van der Waals surface area contributed by atoms with Crippen molar-refractivity contribution >= 4 is 5.78 Å². The van der Waals surface area contributed by atoms with E-state index < -0.39 is 0 Å². The predicted molar refractivity (Wildman–Crippen MR) is 46.4 cm³/mol. The second-order valence-corrected chi connectivity index (χ2v) is 2.93. The fourth-order valence-electron chi connectivity index (χ4n) is 1.40. The minimum absolute atomic E-state index is 0.323. The van der Waals surface area contributed by atoms with Gasteiger partial charge in [0.25, 0.3) is 0 Å². The van der Waals surface area contributed by atoms with Crippen molar-refractivity contribution in [3.63, 3.8) is 0 Å². The van der Waals surface area contributed by atoms with E-state index in [9.17, 15) is 4.79 Å².